The zero-order valence-corrected chi connectivity index (χ0v) is 26.4. The van der Waals surface area contributed by atoms with Crippen LogP contribution in [0.2, 0.25) is 0 Å². The van der Waals surface area contributed by atoms with Gasteiger partial charge in [-0.2, -0.15) is 0 Å². The predicted octanol–water partition coefficient (Wildman–Crippen LogP) is 7.53. The average Bonchev–Trinajstić information content (AvgIpc) is 3.66. The summed E-state index contributed by atoms with van der Waals surface area (Å²) in [7, 11) is 11.8. The van der Waals surface area contributed by atoms with E-state index in [0.29, 0.717) is 36.8 Å². The van der Waals surface area contributed by atoms with Crippen LogP contribution in [0.3, 0.4) is 0 Å². The molecule has 5 nitrogen and oxygen atoms in total. The number of aliphatic imine (C=N–C) groups is 2. The summed E-state index contributed by atoms with van der Waals surface area (Å²) in [4.78, 5) is 13.9. The number of pyridine rings is 1. The van der Waals surface area contributed by atoms with Crippen LogP contribution in [-0.4, -0.2) is 46.7 Å². The molecule has 2 atom stereocenters. The Morgan fingerprint density at radius 2 is 1.18 bits per heavy atom. The van der Waals surface area contributed by atoms with Crippen molar-refractivity contribution in [1.82, 2.24) is 4.98 Å². The van der Waals surface area contributed by atoms with Gasteiger partial charge in [0.15, 0.2) is 0 Å². The van der Waals surface area contributed by atoms with Gasteiger partial charge in [-0.1, -0.05) is 33.8 Å². The normalized spacial score (nSPS) is 18.1. The van der Waals surface area contributed by atoms with E-state index in [2.05, 4.69) is 66.9 Å². The van der Waals surface area contributed by atoms with Gasteiger partial charge in [0.1, 0.15) is 24.6 Å². The summed E-state index contributed by atoms with van der Waals surface area (Å²) < 4.78 is 13.3. The number of rotatable bonds is 7. The number of hydrogen-bond donors (Lipinski definition) is 0. The van der Waals surface area contributed by atoms with E-state index in [9.17, 15) is 0 Å². The van der Waals surface area contributed by atoms with Crippen molar-refractivity contribution >= 4 is 41.4 Å². The first-order chi connectivity index (χ1) is 19.3. The summed E-state index contributed by atoms with van der Waals surface area (Å²) in [6, 6.07) is 26.7. The molecule has 3 aromatic rings. The van der Waals surface area contributed by atoms with Crippen molar-refractivity contribution in [2.45, 2.75) is 39.8 Å². The fourth-order valence-electron chi connectivity index (χ4n) is 4.11. The van der Waals surface area contributed by atoms with E-state index in [-0.39, 0.29) is 12.1 Å². The van der Waals surface area contributed by atoms with Gasteiger partial charge in [0.25, 0.3) is 0 Å². The van der Waals surface area contributed by atoms with Crippen molar-refractivity contribution in [3.8, 4) is 0 Å². The molecular weight excluding hydrogens is 630 g/mol. The molecule has 2 aromatic carbocycles. The molecule has 1 aromatic heterocycles. The molecule has 0 amide bonds. The summed E-state index contributed by atoms with van der Waals surface area (Å²) in [5.74, 6) is 2.18. The molecule has 5 rings (SSSR count). The molecule has 0 fully saturated rings. The zero-order chi connectivity index (χ0) is 28.5. The standard InChI is InChI=1S/C17H23N3O2.C15H12.2ClH.Ru/c1-10(2)14-8-21-16(19-14)12-6-5-7-13(18-12)17-20-15(9-22-17)11(3)4;1-2-15(13-9-5-3-6-10-13)14-11-7-4-8-12-14;;;/h5-7,10-11,14-15H,8-9H2,1-4H3;1-12H;2*1H;/q;;;;+2/p-2/t14-,15-;;;;/m1..../s1. The van der Waals surface area contributed by atoms with Gasteiger partial charge in [0, 0.05) is 0 Å². The number of ether oxygens (including phenoxy) is 2. The molecule has 8 heteroatoms. The maximum absolute atomic E-state index is 5.91. The van der Waals surface area contributed by atoms with Gasteiger partial charge < -0.3 is 9.47 Å². The second kappa shape index (κ2) is 14.8. The van der Waals surface area contributed by atoms with E-state index in [4.69, 9.17) is 28.9 Å². The first-order valence-corrected chi connectivity index (χ1v) is 18.8. The van der Waals surface area contributed by atoms with E-state index >= 15 is 0 Å². The van der Waals surface area contributed by atoms with Crippen molar-refractivity contribution in [3.63, 3.8) is 0 Å². The van der Waals surface area contributed by atoms with E-state index < -0.39 is 13.5 Å². The molecule has 0 spiro atoms. The van der Waals surface area contributed by atoms with Crippen LogP contribution in [0.4, 0.5) is 0 Å². The quantitative estimate of drug-likeness (QED) is 0.245. The predicted molar refractivity (Wildman–Crippen MR) is 164 cm³/mol. The van der Waals surface area contributed by atoms with E-state index in [1.807, 2.05) is 65.3 Å². The summed E-state index contributed by atoms with van der Waals surface area (Å²) in [6.45, 7) is 9.86. The number of hydrogen-bond acceptors (Lipinski definition) is 5. The van der Waals surface area contributed by atoms with Crippen LogP contribution in [-0.2, 0) is 23.0 Å². The monoisotopic (exact) mass is 665 g/mol. The van der Waals surface area contributed by atoms with Crippen LogP contribution < -0.4 is 0 Å². The minimum absolute atomic E-state index is 0.214. The Bertz CT molecular complexity index is 1290. The molecule has 0 saturated heterocycles. The van der Waals surface area contributed by atoms with Crippen molar-refractivity contribution in [1.29, 1.82) is 0 Å². The molecule has 0 unspecified atom stereocenters. The Morgan fingerprint density at radius 3 is 1.55 bits per heavy atom. The Balaban J connectivity index is 0.000000189. The topological polar surface area (TPSA) is 56.1 Å². The Kier molecular flexibility index (Phi) is 11.2. The van der Waals surface area contributed by atoms with Gasteiger partial charge in [-0.05, 0) is 24.0 Å². The molecule has 0 saturated carbocycles. The van der Waals surface area contributed by atoms with Gasteiger partial charge in [0.2, 0.25) is 11.8 Å². The summed E-state index contributed by atoms with van der Waals surface area (Å²) in [5, 5.41) is 0. The van der Waals surface area contributed by atoms with Crippen LogP contribution >= 0.6 is 19.4 Å². The molecule has 3 heterocycles. The van der Waals surface area contributed by atoms with Gasteiger partial charge in [-0.25, -0.2) is 15.0 Å². The first kappa shape index (κ1) is 30.3. The minimum atomic E-state index is -1.77. The van der Waals surface area contributed by atoms with Gasteiger partial charge in [0.05, 0.1) is 12.1 Å². The molecule has 0 N–H and O–H groups in total. The molecule has 40 heavy (non-hydrogen) atoms. The first-order valence-electron chi connectivity index (χ1n) is 13.3. The van der Waals surface area contributed by atoms with Gasteiger partial charge >= 0.3 is 121 Å². The summed E-state index contributed by atoms with van der Waals surface area (Å²) >= 11 is -1.77. The van der Waals surface area contributed by atoms with Gasteiger partial charge in [-0.15, -0.1) is 0 Å². The molecule has 0 bridgehead atoms. The summed E-state index contributed by atoms with van der Waals surface area (Å²) in [5.41, 5.74) is 4.99. The third-order valence-corrected chi connectivity index (χ3v) is 8.34. The van der Waals surface area contributed by atoms with Crippen molar-refractivity contribution in [3.05, 3.63) is 107 Å². The third-order valence-electron chi connectivity index (χ3n) is 6.56. The molecular formula is C32H35Cl2N3O2Ru. The zero-order valence-electron chi connectivity index (χ0n) is 23.2. The fourth-order valence-corrected chi connectivity index (χ4v) is 5.15. The second-order valence-electron chi connectivity index (χ2n) is 10.2. The molecule has 2 aliphatic rings. The third kappa shape index (κ3) is 8.42. The van der Waals surface area contributed by atoms with Crippen LogP contribution in [0.1, 0.15) is 50.2 Å². The Morgan fingerprint density at radius 1 is 0.725 bits per heavy atom. The second-order valence-corrected chi connectivity index (χ2v) is 16.0. The van der Waals surface area contributed by atoms with Crippen molar-refractivity contribution < 1.29 is 23.0 Å². The SMILES string of the molecule is CC(C)[C@H]1COC(c2cccc(C3=N[C@@H](C(C)C)CO3)n2)=N1.[Cl][Ru]([Cl])=[CH]C=C(c1ccccc1)c1ccccc1. The fraction of sp³-hybridized carbons (Fsp3) is 0.312. The van der Waals surface area contributed by atoms with Crippen LogP contribution in [0.5, 0.6) is 0 Å². The molecule has 0 aliphatic carbocycles. The van der Waals surface area contributed by atoms with E-state index in [1.54, 1.807) is 0 Å². The molecule has 0 radical (unpaired) electrons. The van der Waals surface area contributed by atoms with E-state index in [0.717, 1.165) is 17.0 Å². The van der Waals surface area contributed by atoms with Crippen LogP contribution in [0.15, 0.2) is 94.9 Å². The maximum atomic E-state index is 5.91. The van der Waals surface area contributed by atoms with Crippen molar-refractivity contribution in [2.75, 3.05) is 13.2 Å². The van der Waals surface area contributed by atoms with E-state index in [1.165, 1.54) is 11.1 Å². The number of aromatic nitrogens is 1. The van der Waals surface area contributed by atoms with Crippen LogP contribution in [0.25, 0.3) is 5.57 Å². The molecule has 2 aliphatic heterocycles. The summed E-state index contributed by atoms with van der Waals surface area (Å²) in [6.07, 6.45) is 2.03. The van der Waals surface area contributed by atoms with Gasteiger partial charge in [-0.3, -0.25) is 0 Å². The van der Waals surface area contributed by atoms with Crippen molar-refractivity contribution in [2.24, 2.45) is 21.8 Å². The van der Waals surface area contributed by atoms with Crippen LogP contribution in [0, 0.1) is 11.8 Å². The number of benzene rings is 2. The Hall–Kier alpha value is -2.66. The average molecular weight is 666 g/mol. The number of halogens is 2. The number of nitrogens with zero attached hydrogens (tertiary/aromatic N) is 3. The Labute approximate surface area is 250 Å². The number of allylic oxidation sites excluding steroid dienone is 1. The molecule has 212 valence electrons.